The summed E-state index contributed by atoms with van der Waals surface area (Å²) in [7, 11) is 0. The van der Waals surface area contributed by atoms with Crippen LogP contribution in [-0.2, 0) is 0 Å². The van der Waals surface area contributed by atoms with Gasteiger partial charge in [0.2, 0.25) is 0 Å². The molecule has 0 fully saturated rings. The van der Waals surface area contributed by atoms with Gasteiger partial charge in [-0.25, -0.2) is 18.4 Å². The van der Waals surface area contributed by atoms with Crippen molar-refractivity contribution in [1.82, 2.24) is 14.8 Å². The first kappa shape index (κ1) is 11.0. The van der Waals surface area contributed by atoms with E-state index in [1.165, 1.54) is 12.3 Å². The Balaban J connectivity index is 2.48. The summed E-state index contributed by atoms with van der Waals surface area (Å²) < 4.78 is 26.4. The fourth-order valence-electron chi connectivity index (χ4n) is 1.20. The normalized spacial score (nSPS) is 11.0. The molecule has 0 amide bonds. The molecule has 0 saturated heterocycles. The van der Waals surface area contributed by atoms with Gasteiger partial charge in [-0.05, 0) is 28.1 Å². The third kappa shape index (κ3) is 2.04. The highest BCUT2D eigenvalue weighted by molar-refractivity contribution is 9.10. The third-order valence-electron chi connectivity index (χ3n) is 1.92. The van der Waals surface area contributed by atoms with Crippen LogP contribution in [0, 0.1) is 0 Å². The molecule has 0 saturated carbocycles. The largest absolute Gasteiger partial charge is 0.288 e. The van der Waals surface area contributed by atoms with E-state index in [-0.39, 0.29) is 5.82 Å². The lowest BCUT2D eigenvalue weighted by Crippen LogP contribution is -2.14. The van der Waals surface area contributed by atoms with E-state index in [1.807, 2.05) is 0 Å². The molecule has 4 nitrogen and oxygen atoms in total. The number of nitrogens with one attached hydrogen (secondary N) is 1. The first-order valence-corrected chi connectivity index (χ1v) is 5.09. The highest BCUT2D eigenvalue weighted by atomic mass is 79.9. The molecule has 1 N–H and O–H groups in total. The number of aromatic nitrogens is 3. The average molecular weight is 290 g/mol. The van der Waals surface area contributed by atoms with E-state index in [2.05, 4.69) is 26.0 Å². The van der Waals surface area contributed by atoms with Crippen molar-refractivity contribution in [3.05, 3.63) is 44.9 Å². The van der Waals surface area contributed by atoms with Crippen molar-refractivity contribution in [2.24, 2.45) is 0 Å². The van der Waals surface area contributed by atoms with Crippen molar-refractivity contribution in [3.8, 4) is 5.82 Å². The lowest BCUT2D eigenvalue weighted by atomic mass is 10.4. The summed E-state index contributed by atoms with van der Waals surface area (Å²) in [6.45, 7) is 0. The molecule has 2 rings (SSSR count). The fourth-order valence-corrected chi connectivity index (χ4v) is 1.43. The zero-order valence-corrected chi connectivity index (χ0v) is 9.41. The second kappa shape index (κ2) is 4.17. The van der Waals surface area contributed by atoms with Crippen LogP contribution >= 0.6 is 15.9 Å². The van der Waals surface area contributed by atoms with Gasteiger partial charge in [-0.1, -0.05) is 0 Å². The average Bonchev–Trinajstić information content (AvgIpc) is 2.62. The van der Waals surface area contributed by atoms with Gasteiger partial charge in [0.1, 0.15) is 5.69 Å². The van der Waals surface area contributed by atoms with E-state index in [9.17, 15) is 13.6 Å². The molecular weight excluding hydrogens is 284 g/mol. The standard InChI is InChI=1S/C9H6BrF2N3O/c10-5-1-2-7(13-4-5)15-8(16)3-6(14-15)9(11)12/h1-4,9,14H. The number of H-pyrrole nitrogens is 1. The molecule has 16 heavy (non-hydrogen) atoms. The van der Waals surface area contributed by atoms with Crippen LogP contribution in [0.25, 0.3) is 5.82 Å². The molecule has 2 heterocycles. The summed E-state index contributed by atoms with van der Waals surface area (Å²) in [5.74, 6) is 0.264. The number of hydrogen-bond acceptors (Lipinski definition) is 2. The van der Waals surface area contributed by atoms with Crippen LogP contribution in [0.4, 0.5) is 8.78 Å². The molecule has 2 aromatic heterocycles. The Kier molecular flexibility index (Phi) is 2.86. The lowest BCUT2D eigenvalue weighted by molar-refractivity contribution is 0.145. The smallest absolute Gasteiger partial charge is 0.279 e. The third-order valence-corrected chi connectivity index (χ3v) is 2.39. The van der Waals surface area contributed by atoms with E-state index >= 15 is 0 Å². The number of nitrogens with zero attached hydrogens (tertiary/aromatic N) is 2. The predicted octanol–water partition coefficient (Wildman–Crippen LogP) is 2.26. The van der Waals surface area contributed by atoms with E-state index in [1.54, 1.807) is 6.07 Å². The second-order valence-electron chi connectivity index (χ2n) is 3.02. The molecule has 84 valence electrons. The maximum absolute atomic E-state index is 12.3. The van der Waals surface area contributed by atoms with Crippen molar-refractivity contribution < 1.29 is 8.78 Å². The maximum Gasteiger partial charge on any atom is 0.279 e. The van der Waals surface area contributed by atoms with Gasteiger partial charge in [0.15, 0.2) is 5.82 Å². The van der Waals surface area contributed by atoms with Crippen LogP contribution in [0.15, 0.2) is 33.7 Å². The van der Waals surface area contributed by atoms with Gasteiger partial charge in [-0.2, -0.15) is 0 Å². The molecule has 0 aliphatic rings. The first-order valence-electron chi connectivity index (χ1n) is 4.30. The molecule has 0 spiro atoms. The molecule has 0 aliphatic heterocycles. The summed E-state index contributed by atoms with van der Waals surface area (Å²) in [6, 6.07) is 4.06. The van der Waals surface area contributed by atoms with Gasteiger partial charge in [0.25, 0.3) is 12.0 Å². The van der Waals surface area contributed by atoms with Gasteiger partial charge < -0.3 is 0 Å². The van der Waals surface area contributed by atoms with Crippen molar-refractivity contribution in [2.75, 3.05) is 0 Å². The molecule has 0 radical (unpaired) electrons. The van der Waals surface area contributed by atoms with Gasteiger partial charge in [-0.15, -0.1) is 0 Å². The molecule has 0 unspecified atom stereocenters. The summed E-state index contributed by atoms with van der Waals surface area (Å²) in [6.07, 6.45) is -1.23. The zero-order chi connectivity index (χ0) is 11.7. The summed E-state index contributed by atoms with van der Waals surface area (Å²) in [4.78, 5) is 15.3. The number of alkyl halides is 2. The van der Waals surface area contributed by atoms with Crippen LogP contribution in [0.5, 0.6) is 0 Å². The Labute approximate surface area is 97.0 Å². The quantitative estimate of drug-likeness (QED) is 0.922. The molecular formula is C9H6BrF2N3O. The highest BCUT2D eigenvalue weighted by Gasteiger charge is 2.13. The number of pyridine rings is 1. The summed E-state index contributed by atoms with van der Waals surface area (Å²) in [5.41, 5.74) is -0.986. The van der Waals surface area contributed by atoms with E-state index in [4.69, 9.17) is 0 Å². The monoisotopic (exact) mass is 289 g/mol. The minimum absolute atomic E-state index is 0.264. The molecule has 0 aliphatic carbocycles. The molecule has 2 aromatic rings. The Morgan fingerprint density at radius 3 is 2.69 bits per heavy atom. The van der Waals surface area contributed by atoms with E-state index < -0.39 is 17.7 Å². The van der Waals surface area contributed by atoms with Crippen LogP contribution in [0.3, 0.4) is 0 Å². The van der Waals surface area contributed by atoms with Gasteiger partial charge in [0.05, 0.1) is 0 Å². The Bertz CT molecular complexity index is 547. The molecule has 0 aromatic carbocycles. The van der Waals surface area contributed by atoms with Gasteiger partial charge in [0, 0.05) is 16.7 Å². The van der Waals surface area contributed by atoms with Gasteiger partial charge in [-0.3, -0.25) is 9.89 Å². The van der Waals surface area contributed by atoms with E-state index in [0.29, 0.717) is 0 Å². The minimum atomic E-state index is -2.70. The van der Waals surface area contributed by atoms with Crippen molar-refractivity contribution in [3.63, 3.8) is 0 Å². The SMILES string of the molecule is O=c1cc(C(F)F)[nH]n1-c1ccc(Br)cn1. The fraction of sp³-hybridized carbons (Fsp3) is 0.111. The molecule has 0 bridgehead atoms. The lowest BCUT2D eigenvalue weighted by Gasteiger charge is -2.00. The number of aromatic amines is 1. The number of halogens is 3. The van der Waals surface area contributed by atoms with E-state index in [0.717, 1.165) is 15.2 Å². The van der Waals surface area contributed by atoms with Crippen molar-refractivity contribution in [2.45, 2.75) is 6.43 Å². The molecule has 7 heteroatoms. The summed E-state index contributed by atoms with van der Waals surface area (Å²) in [5, 5.41) is 2.29. The molecule has 0 atom stereocenters. The Morgan fingerprint density at radius 2 is 2.19 bits per heavy atom. The van der Waals surface area contributed by atoms with Crippen molar-refractivity contribution in [1.29, 1.82) is 0 Å². The topological polar surface area (TPSA) is 50.7 Å². The Hall–Kier alpha value is -1.50. The second-order valence-corrected chi connectivity index (χ2v) is 3.94. The van der Waals surface area contributed by atoms with Gasteiger partial charge >= 0.3 is 0 Å². The van der Waals surface area contributed by atoms with Crippen molar-refractivity contribution >= 4 is 15.9 Å². The van der Waals surface area contributed by atoms with Crippen LogP contribution in [0.1, 0.15) is 12.1 Å². The zero-order valence-electron chi connectivity index (χ0n) is 7.82. The summed E-state index contributed by atoms with van der Waals surface area (Å²) >= 11 is 3.18. The predicted molar refractivity (Wildman–Crippen MR) is 56.8 cm³/mol. The van der Waals surface area contributed by atoms with Crippen LogP contribution in [0.2, 0.25) is 0 Å². The highest BCUT2D eigenvalue weighted by Crippen LogP contribution is 2.15. The first-order chi connectivity index (χ1) is 7.58. The maximum atomic E-state index is 12.3. The van der Waals surface area contributed by atoms with Crippen LogP contribution in [-0.4, -0.2) is 14.8 Å². The number of rotatable bonds is 2. The van der Waals surface area contributed by atoms with Crippen LogP contribution < -0.4 is 5.56 Å². The Morgan fingerprint density at radius 1 is 1.44 bits per heavy atom. The minimum Gasteiger partial charge on any atom is -0.288 e. The number of hydrogen-bond donors (Lipinski definition) is 1.